The summed E-state index contributed by atoms with van der Waals surface area (Å²) >= 11 is 6.94. The Morgan fingerprint density at radius 3 is 2.83 bits per heavy atom. The summed E-state index contributed by atoms with van der Waals surface area (Å²) in [6.45, 7) is 0. The Morgan fingerprint density at radius 1 is 1.29 bits per heavy atom. The number of anilines is 1. The van der Waals surface area contributed by atoms with Crippen molar-refractivity contribution in [1.29, 1.82) is 0 Å². The number of amides is 1. The summed E-state index contributed by atoms with van der Waals surface area (Å²) in [6.07, 6.45) is 1.46. The first-order valence-electron chi connectivity index (χ1n) is 7.04. The lowest BCUT2D eigenvalue weighted by Crippen LogP contribution is -2.21. The number of pyridine rings is 1. The van der Waals surface area contributed by atoms with Crippen molar-refractivity contribution in [2.75, 3.05) is 11.1 Å². The van der Waals surface area contributed by atoms with Gasteiger partial charge in [0.25, 0.3) is 5.56 Å². The summed E-state index contributed by atoms with van der Waals surface area (Å²) in [4.78, 5) is 32.8. The van der Waals surface area contributed by atoms with Crippen LogP contribution in [0.3, 0.4) is 0 Å². The van der Waals surface area contributed by atoms with Gasteiger partial charge in [-0.15, -0.1) is 0 Å². The van der Waals surface area contributed by atoms with Crippen molar-refractivity contribution < 1.29 is 4.79 Å². The number of rotatable bonds is 4. The molecule has 3 aromatic rings. The van der Waals surface area contributed by atoms with Crippen LogP contribution in [0.5, 0.6) is 0 Å². The van der Waals surface area contributed by atoms with E-state index in [2.05, 4.69) is 15.3 Å². The molecule has 8 heteroatoms. The maximum atomic E-state index is 12.3. The second-order valence-corrected chi connectivity index (χ2v) is 6.35. The van der Waals surface area contributed by atoms with Gasteiger partial charge in [0.05, 0.1) is 21.7 Å². The number of carbonyl (C=O) groups excluding carboxylic acids is 1. The fraction of sp³-hybridized carbons (Fsp3) is 0.125. The summed E-state index contributed by atoms with van der Waals surface area (Å²) < 4.78 is 1.45. The van der Waals surface area contributed by atoms with Gasteiger partial charge in [-0.2, -0.15) is 0 Å². The third-order valence-corrected chi connectivity index (χ3v) is 4.52. The fourth-order valence-electron chi connectivity index (χ4n) is 2.09. The van der Waals surface area contributed by atoms with E-state index in [9.17, 15) is 9.59 Å². The lowest BCUT2D eigenvalue weighted by atomic mass is 10.2. The molecule has 0 spiro atoms. The van der Waals surface area contributed by atoms with Gasteiger partial charge in [0, 0.05) is 13.2 Å². The topological polar surface area (TPSA) is 76.9 Å². The zero-order chi connectivity index (χ0) is 17.1. The molecule has 0 fully saturated rings. The largest absolute Gasteiger partial charge is 0.310 e. The second kappa shape index (κ2) is 7.02. The van der Waals surface area contributed by atoms with E-state index >= 15 is 0 Å². The third kappa shape index (κ3) is 3.58. The van der Waals surface area contributed by atoms with Crippen LogP contribution >= 0.6 is 23.4 Å². The van der Waals surface area contributed by atoms with Crippen molar-refractivity contribution in [2.45, 2.75) is 5.16 Å². The molecule has 0 aliphatic carbocycles. The molecule has 0 bridgehead atoms. The molecule has 3 rings (SSSR count). The van der Waals surface area contributed by atoms with Gasteiger partial charge in [0.1, 0.15) is 5.82 Å². The first kappa shape index (κ1) is 16.5. The zero-order valence-electron chi connectivity index (χ0n) is 12.7. The highest BCUT2D eigenvalue weighted by atomic mass is 35.5. The number of nitrogens with one attached hydrogen (secondary N) is 1. The average Bonchev–Trinajstić information content (AvgIpc) is 2.59. The van der Waals surface area contributed by atoms with Crippen molar-refractivity contribution in [2.24, 2.45) is 7.05 Å². The SMILES string of the molecule is Cn1c(SCC(=O)Nc2ccc(Cl)cn2)nc2ccccc2c1=O. The number of para-hydroxylation sites is 1. The Hall–Kier alpha value is -2.38. The minimum Gasteiger partial charge on any atom is -0.310 e. The first-order valence-corrected chi connectivity index (χ1v) is 8.41. The van der Waals surface area contributed by atoms with Gasteiger partial charge in [-0.05, 0) is 24.3 Å². The molecule has 0 aliphatic heterocycles. The van der Waals surface area contributed by atoms with E-state index in [0.29, 0.717) is 26.9 Å². The van der Waals surface area contributed by atoms with E-state index in [0.717, 1.165) is 0 Å². The van der Waals surface area contributed by atoms with Crippen molar-refractivity contribution in [3.63, 3.8) is 0 Å². The first-order chi connectivity index (χ1) is 11.5. The van der Waals surface area contributed by atoms with Crippen LogP contribution in [0.2, 0.25) is 5.02 Å². The van der Waals surface area contributed by atoms with Crippen LogP contribution in [0.4, 0.5) is 5.82 Å². The molecule has 0 unspecified atom stereocenters. The molecule has 0 saturated heterocycles. The van der Waals surface area contributed by atoms with Crippen LogP contribution in [-0.2, 0) is 11.8 Å². The van der Waals surface area contributed by atoms with Gasteiger partial charge in [-0.25, -0.2) is 9.97 Å². The lowest BCUT2D eigenvalue weighted by Gasteiger charge is -2.08. The number of hydrogen-bond donors (Lipinski definition) is 1. The van der Waals surface area contributed by atoms with E-state index in [-0.39, 0.29) is 17.2 Å². The van der Waals surface area contributed by atoms with Gasteiger partial charge in [-0.3, -0.25) is 14.2 Å². The monoisotopic (exact) mass is 360 g/mol. The molecule has 0 aliphatic rings. The van der Waals surface area contributed by atoms with Gasteiger partial charge >= 0.3 is 0 Å². The number of aromatic nitrogens is 3. The number of fused-ring (bicyclic) bond motifs is 1. The quantitative estimate of drug-likeness (QED) is 0.571. The Morgan fingerprint density at radius 2 is 2.08 bits per heavy atom. The average molecular weight is 361 g/mol. The lowest BCUT2D eigenvalue weighted by molar-refractivity contribution is -0.113. The molecule has 2 heterocycles. The molecule has 1 N–H and O–H groups in total. The van der Waals surface area contributed by atoms with E-state index in [4.69, 9.17) is 11.6 Å². The highest BCUT2D eigenvalue weighted by Gasteiger charge is 2.11. The molecule has 24 heavy (non-hydrogen) atoms. The van der Waals surface area contributed by atoms with Crippen molar-refractivity contribution in [1.82, 2.24) is 14.5 Å². The maximum absolute atomic E-state index is 12.3. The highest BCUT2D eigenvalue weighted by Crippen LogP contribution is 2.17. The minimum absolute atomic E-state index is 0.114. The van der Waals surface area contributed by atoms with E-state index < -0.39 is 0 Å². The van der Waals surface area contributed by atoms with Gasteiger partial charge < -0.3 is 5.32 Å². The normalized spacial score (nSPS) is 10.8. The molecule has 1 aromatic carbocycles. The minimum atomic E-state index is -0.239. The Labute approximate surface area is 146 Å². The molecule has 0 atom stereocenters. The predicted octanol–water partition coefficient (Wildman–Crippen LogP) is 2.71. The summed E-state index contributed by atoms with van der Waals surface area (Å²) in [6, 6.07) is 10.4. The summed E-state index contributed by atoms with van der Waals surface area (Å²) in [5.74, 6) is 0.297. The Balaban J connectivity index is 1.73. The standard InChI is InChI=1S/C16H13ClN4O2S/c1-21-15(23)11-4-2-3-5-12(11)19-16(21)24-9-14(22)20-13-7-6-10(17)8-18-13/h2-8H,9H2,1H3,(H,18,20,22). The Kier molecular flexibility index (Phi) is 4.82. The molecular formula is C16H13ClN4O2S. The molecule has 0 saturated carbocycles. The number of nitrogens with zero attached hydrogens (tertiary/aromatic N) is 3. The molecule has 0 radical (unpaired) electrons. The number of benzene rings is 1. The van der Waals surface area contributed by atoms with Crippen LogP contribution in [-0.4, -0.2) is 26.2 Å². The summed E-state index contributed by atoms with van der Waals surface area (Å²) in [7, 11) is 1.64. The molecule has 6 nitrogen and oxygen atoms in total. The molecule has 2 aromatic heterocycles. The maximum Gasteiger partial charge on any atom is 0.261 e. The van der Waals surface area contributed by atoms with E-state index in [1.165, 1.54) is 22.5 Å². The molecular weight excluding hydrogens is 348 g/mol. The van der Waals surface area contributed by atoms with Crippen molar-refractivity contribution >= 4 is 46.0 Å². The zero-order valence-corrected chi connectivity index (χ0v) is 14.3. The molecule has 122 valence electrons. The number of thioether (sulfide) groups is 1. The van der Waals surface area contributed by atoms with Crippen molar-refractivity contribution in [3.8, 4) is 0 Å². The smallest absolute Gasteiger partial charge is 0.261 e. The van der Waals surface area contributed by atoms with Gasteiger partial charge in [0.15, 0.2) is 5.16 Å². The van der Waals surface area contributed by atoms with Crippen LogP contribution in [0.25, 0.3) is 10.9 Å². The number of halogens is 1. The van der Waals surface area contributed by atoms with Crippen LogP contribution in [0, 0.1) is 0 Å². The third-order valence-electron chi connectivity index (χ3n) is 3.27. The second-order valence-electron chi connectivity index (χ2n) is 4.97. The van der Waals surface area contributed by atoms with Crippen LogP contribution in [0.1, 0.15) is 0 Å². The fourth-order valence-corrected chi connectivity index (χ4v) is 2.97. The summed E-state index contributed by atoms with van der Waals surface area (Å²) in [5.41, 5.74) is 0.478. The highest BCUT2D eigenvalue weighted by molar-refractivity contribution is 7.99. The summed E-state index contributed by atoms with van der Waals surface area (Å²) in [5, 5.41) is 4.20. The van der Waals surface area contributed by atoms with E-state index in [1.54, 1.807) is 37.4 Å². The van der Waals surface area contributed by atoms with E-state index in [1.807, 2.05) is 6.07 Å². The van der Waals surface area contributed by atoms with Gasteiger partial charge in [0.2, 0.25) is 5.91 Å². The number of hydrogen-bond acceptors (Lipinski definition) is 5. The van der Waals surface area contributed by atoms with Crippen molar-refractivity contribution in [3.05, 3.63) is 58.0 Å². The van der Waals surface area contributed by atoms with Crippen LogP contribution in [0.15, 0.2) is 52.5 Å². The Bertz CT molecular complexity index is 956. The molecule has 1 amide bonds. The van der Waals surface area contributed by atoms with Gasteiger partial charge in [-0.1, -0.05) is 35.5 Å². The predicted molar refractivity (Wildman–Crippen MR) is 95.6 cm³/mol. The van der Waals surface area contributed by atoms with Crippen LogP contribution < -0.4 is 10.9 Å². The number of carbonyl (C=O) groups is 1.